The molecule has 1 N–H and O–H groups in total. The van der Waals surface area contributed by atoms with Gasteiger partial charge in [-0.2, -0.15) is 22.0 Å². The molecular weight excluding hydrogens is 391 g/mol. The van der Waals surface area contributed by atoms with Gasteiger partial charge in [0, 0.05) is 11.8 Å². The number of hydrogen-bond acceptors (Lipinski definition) is 2. The van der Waals surface area contributed by atoms with E-state index in [2.05, 4.69) is 0 Å². The predicted molar refractivity (Wildman–Crippen MR) is 97.1 cm³/mol. The van der Waals surface area contributed by atoms with Gasteiger partial charge in [-0.25, -0.2) is 0 Å². The van der Waals surface area contributed by atoms with Crippen LogP contribution in [0, 0.1) is 34.5 Å². The van der Waals surface area contributed by atoms with Crippen LogP contribution in [0.25, 0.3) is 0 Å². The van der Waals surface area contributed by atoms with E-state index in [0.29, 0.717) is 31.3 Å². The molecule has 0 aliphatic heterocycles. The smallest absolute Gasteiger partial charge is 0.393 e. The van der Waals surface area contributed by atoms with Crippen molar-refractivity contribution in [3.63, 3.8) is 0 Å². The number of aliphatic hydroxyl groups excluding tert-OH is 1. The second-order valence-corrected chi connectivity index (χ2v) is 9.99. The number of fused-ring (bicyclic) bond motifs is 5. The fourth-order valence-electron chi connectivity index (χ4n) is 6.97. The summed E-state index contributed by atoms with van der Waals surface area (Å²) in [7, 11) is 0. The largest absolute Gasteiger partial charge is 0.453 e. The normalized spacial score (nSPS) is 44.8. The summed E-state index contributed by atoms with van der Waals surface area (Å²) < 4.78 is 67.3. The van der Waals surface area contributed by atoms with Gasteiger partial charge in [0.2, 0.25) is 0 Å². The molecule has 4 rings (SSSR count). The quantitative estimate of drug-likeness (QED) is 0.604. The second-order valence-electron chi connectivity index (χ2n) is 9.99. The van der Waals surface area contributed by atoms with E-state index in [0.717, 1.165) is 0 Å². The van der Waals surface area contributed by atoms with Crippen molar-refractivity contribution in [3.05, 3.63) is 23.8 Å². The Hall–Kier alpha value is -1.24. The zero-order valence-corrected chi connectivity index (χ0v) is 16.6. The average molecular weight is 418 g/mol. The molecule has 0 radical (unpaired) electrons. The van der Waals surface area contributed by atoms with Gasteiger partial charge < -0.3 is 5.11 Å². The van der Waals surface area contributed by atoms with E-state index in [-0.39, 0.29) is 30.0 Å². The molecule has 0 spiro atoms. The van der Waals surface area contributed by atoms with Crippen molar-refractivity contribution >= 4 is 5.78 Å². The maximum absolute atomic E-state index is 14.1. The van der Waals surface area contributed by atoms with Crippen LogP contribution >= 0.6 is 0 Å². The molecule has 0 aromatic rings. The van der Waals surface area contributed by atoms with Crippen LogP contribution in [0.4, 0.5) is 22.0 Å². The lowest BCUT2D eigenvalue weighted by Gasteiger charge is -2.59. The molecule has 0 bridgehead atoms. The minimum atomic E-state index is -5.59. The number of aliphatic hydroxyl groups is 1. The van der Waals surface area contributed by atoms with Crippen molar-refractivity contribution in [2.24, 2.45) is 34.5 Å². The monoisotopic (exact) mass is 418 g/mol. The Balaban J connectivity index is 1.77. The summed E-state index contributed by atoms with van der Waals surface area (Å²) in [5, 5.41) is 10.6. The molecule has 3 fully saturated rings. The van der Waals surface area contributed by atoms with E-state index >= 15 is 0 Å². The highest BCUT2D eigenvalue weighted by Crippen LogP contribution is 2.67. The number of carbonyl (C=O) groups excluding carboxylic acids is 1. The third kappa shape index (κ3) is 3.02. The zero-order valence-electron chi connectivity index (χ0n) is 16.6. The number of ketones is 1. The minimum absolute atomic E-state index is 0.0715. The maximum atomic E-state index is 14.1. The number of halogens is 5. The summed E-state index contributed by atoms with van der Waals surface area (Å²) in [4.78, 5) is 11.9. The molecule has 0 aromatic heterocycles. The Bertz CT molecular complexity index is 770. The lowest BCUT2D eigenvalue weighted by molar-refractivity contribution is -0.291. The average Bonchev–Trinajstić information content (AvgIpc) is 2.90. The number of carbonyl (C=O) groups is 1. The summed E-state index contributed by atoms with van der Waals surface area (Å²) >= 11 is 0. The van der Waals surface area contributed by atoms with Crippen LogP contribution in [-0.2, 0) is 4.79 Å². The van der Waals surface area contributed by atoms with Crippen LogP contribution in [0.1, 0.15) is 52.4 Å². The summed E-state index contributed by atoms with van der Waals surface area (Å²) in [6.07, 6.45) is -0.0113. The van der Waals surface area contributed by atoms with E-state index in [1.165, 1.54) is 12.2 Å². The number of alkyl halides is 5. The van der Waals surface area contributed by atoms with Crippen molar-refractivity contribution in [1.82, 2.24) is 0 Å². The van der Waals surface area contributed by atoms with Gasteiger partial charge in [0.1, 0.15) is 0 Å². The van der Waals surface area contributed by atoms with Crippen LogP contribution in [0.2, 0.25) is 0 Å². The summed E-state index contributed by atoms with van der Waals surface area (Å²) in [6, 6.07) is 0. The van der Waals surface area contributed by atoms with Crippen molar-refractivity contribution < 1.29 is 31.9 Å². The molecule has 7 atom stereocenters. The molecule has 2 nitrogen and oxygen atoms in total. The number of rotatable bonds is 2. The van der Waals surface area contributed by atoms with E-state index < -0.39 is 41.4 Å². The summed E-state index contributed by atoms with van der Waals surface area (Å²) in [6.45, 7) is 3.93. The van der Waals surface area contributed by atoms with Crippen molar-refractivity contribution in [2.75, 3.05) is 0 Å². The Kier molecular flexibility index (Phi) is 4.62. The van der Waals surface area contributed by atoms with Crippen molar-refractivity contribution in [3.8, 4) is 0 Å². The lowest BCUT2D eigenvalue weighted by Crippen LogP contribution is -2.55. The van der Waals surface area contributed by atoms with E-state index in [9.17, 15) is 31.9 Å². The SMILES string of the molecule is C[C@]12CC[C@H]3[C@@H]([C@H](CC(F)(F)C(F)(F)F)CC4=CC(=O)C=C[C@@]43C)[C@@H]1CC[C@@H]2O. The van der Waals surface area contributed by atoms with Gasteiger partial charge in [-0.3, -0.25) is 4.79 Å². The Morgan fingerprint density at radius 2 is 1.79 bits per heavy atom. The van der Waals surface area contributed by atoms with Crippen molar-refractivity contribution in [2.45, 2.75) is 70.6 Å². The Morgan fingerprint density at radius 3 is 2.45 bits per heavy atom. The topological polar surface area (TPSA) is 37.3 Å². The second kappa shape index (κ2) is 6.38. The highest BCUT2D eigenvalue weighted by atomic mass is 19.4. The standard InChI is InChI=1S/C22H27F5O2/c1-19-7-5-14(28)10-13(19)9-12(11-21(23,24)22(25,26)27)18-15-3-4-17(29)20(15,2)8-6-16(18)19/h5,7,10,12,15-18,29H,3-4,6,8-9,11H2,1-2H3/t12-,15-,16-,17-,18-,19-,20-/m0/s1. The van der Waals surface area contributed by atoms with Gasteiger partial charge in [-0.1, -0.05) is 25.5 Å². The van der Waals surface area contributed by atoms with Crippen LogP contribution in [-0.4, -0.2) is 29.1 Å². The van der Waals surface area contributed by atoms with Gasteiger partial charge in [0.05, 0.1) is 6.10 Å². The molecule has 0 aromatic carbocycles. The zero-order chi connectivity index (χ0) is 21.4. The van der Waals surface area contributed by atoms with Crippen LogP contribution in [0.3, 0.4) is 0 Å². The molecule has 4 aliphatic rings. The van der Waals surface area contributed by atoms with E-state index in [4.69, 9.17) is 0 Å². The minimum Gasteiger partial charge on any atom is -0.393 e. The molecule has 3 saturated carbocycles. The number of allylic oxidation sites excluding steroid dienone is 4. The number of hydrogen-bond donors (Lipinski definition) is 1. The first-order valence-corrected chi connectivity index (χ1v) is 10.4. The third-order valence-electron chi connectivity index (χ3n) is 8.61. The fraction of sp³-hybridized carbons (Fsp3) is 0.773. The first-order chi connectivity index (χ1) is 13.3. The van der Waals surface area contributed by atoms with Gasteiger partial charge >= 0.3 is 12.1 Å². The van der Waals surface area contributed by atoms with Crippen LogP contribution in [0.15, 0.2) is 23.8 Å². The van der Waals surface area contributed by atoms with Gasteiger partial charge in [0.15, 0.2) is 5.78 Å². The highest BCUT2D eigenvalue weighted by Gasteiger charge is 2.64. The Morgan fingerprint density at radius 1 is 1.10 bits per heavy atom. The molecule has 29 heavy (non-hydrogen) atoms. The van der Waals surface area contributed by atoms with E-state index in [1.807, 2.05) is 19.9 Å². The molecule has 4 aliphatic carbocycles. The van der Waals surface area contributed by atoms with Gasteiger partial charge in [-0.15, -0.1) is 0 Å². The fourth-order valence-corrected chi connectivity index (χ4v) is 6.97. The molecule has 162 valence electrons. The molecular formula is C22H27F5O2. The summed E-state index contributed by atoms with van der Waals surface area (Å²) in [5.74, 6) is -6.41. The molecule has 0 heterocycles. The van der Waals surface area contributed by atoms with Crippen LogP contribution < -0.4 is 0 Å². The van der Waals surface area contributed by atoms with Crippen molar-refractivity contribution in [1.29, 1.82) is 0 Å². The van der Waals surface area contributed by atoms with Gasteiger partial charge in [0.25, 0.3) is 0 Å². The molecule has 7 heteroatoms. The first-order valence-electron chi connectivity index (χ1n) is 10.4. The van der Waals surface area contributed by atoms with Gasteiger partial charge in [-0.05, 0) is 73.3 Å². The lowest BCUT2D eigenvalue weighted by atomic mass is 9.45. The molecule has 0 saturated heterocycles. The maximum Gasteiger partial charge on any atom is 0.453 e. The third-order valence-corrected chi connectivity index (χ3v) is 8.61. The van der Waals surface area contributed by atoms with E-state index in [1.54, 1.807) is 0 Å². The predicted octanol–water partition coefficient (Wildman–Crippen LogP) is 5.47. The molecule has 0 unspecified atom stereocenters. The molecule has 0 amide bonds. The van der Waals surface area contributed by atoms with Crippen LogP contribution in [0.5, 0.6) is 0 Å². The first kappa shape index (κ1) is 21.0. The Labute approximate surface area is 167 Å². The highest BCUT2D eigenvalue weighted by molar-refractivity contribution is 6.01. The summed E-state index contributed by atoms with van der Waals surface area (Å²) in [5.41, 5.74) is -0.271.